The van der Waals surface area contributed by atoms with Crippen molar-refractivity contribution in [1.29, 1.82) is 0 Å². The summed E-state index contributed by atoms with van der Waals surface area (Å²) in [6.45, 7) is 8.05. The smallest absolute Gasteiger partial charge is 0.251 e. The summed E-state index contributed by atoms with van der Waals surface area (Å²) >= 11 is 0. The lowest BCUT2D eigenvalue weighted by atomic mass is 10.0. The van der Waals surface area contributed by atoms with Gasteiger partial charge in [-0.1, -0.05) is 23.8 Å². The van der Waals surface area contributed by atoms with E-state index in [0.29, 0.717) is 5.56 Å². The van der Waals surface area contributed by atoms with E-state index in [1.165, 1.54) is 5.56 Å². The summed E-state index contributed by atoms with van der Waals surface area (Å²) in [6.07, 6.45) is 0. The van der Waals surface area contributed by atoms with Gasteiger partial charge in [-0.3, -0.25) is 4.79 Å². The number of hydrogen-bond donors (Lipinski definition) is 1. The van der Waals surface area contributed by atoms with Crippen LogP contribution in [0.4, 0.5) is 0 Å². The zero-order chi connectivity index (χ0) is 16.3. The third-order valence-electron chi connectivity index (χ3n) is 3.97. The Kier molecular flexibility index (Phi) is 4.86. The molecule has 0 radical (unpaired) electrons. The van der Waals surface area contributed by atoms with Crippen molar-refractivity contribution in [2.75, 3.05) is 7.11 Å². The Morgan fingerprint density at radius 3 is 2.41 bits per heavy atom. The second-order valence-electron chi connectivity index (χ2n) is 5.74. The standard InChI is InChI=1S/C19H23NO2/c1-12-6-9-18(22-5)17(10-12)15(4)20-19(21)16-8-7-13(2)14(3)11-16/h6-11,15H,1-5H3,(H,20,21)/t15-/m0/s1. The molecule has 0 aliphatic heterocycles. The predicted molar refractivity (Wildman–Crippen MR) is 89.5 cm³/mol. The van der Waals surface area contributed by atoms with E-state index >= 15 is 0 Å². The molecule has 0 aromatic heterocycles. The van der Waals surface area contributed by atoms with Gasteiger partial charge in [0.25, 0.3) is 5.91 Å². The van der Waals surface area contributed by atoms with Crippen molar-refractivity contribution in [3.8, 4) is 5.75 Å². The lowest BCUT2D eigenvalue weighted by Crippen LogP contribution is -2.27. The quantitative estimate of drug-likeness (QED) is 0.922. The lowest BCUT2D eigenvalue weighted by Gasteiger charge is -2.18. The molecular formula is C19H23NO2. The third-order valence-corrected chi connectivity index (χ3v) is 3.97. The molecule has 2 rings (SSSR count). The highest BCUT2D eigenvalue weighted by atomic mass is 16.5. The first-order valence-electron chi connectivity index (χ1n) is 7.45. The lowest BCUT2D eigenvalue weighted by molar-refractivity contribution is 0.0939. The molecule has 0 spiro atoms. The molecule has 116 valence electrons. The molecule has 0 saturated heterocycles. The van der Waals surface area contributed by atoms with Crippen LogP contribution in [0, 0.1) is 20.8 Å². The Morgan fingerprint density at radius 1 is 1.05 bits per heavy atom. The summed E-state index contributed by atoms with van der Waals surface area (Å²) in [5.41, 5.74) is 5.11. The number of benzene rings is 2. The molecule has 3 heteroatoms. The Bertz CT molecular complexity index is 692. The second-order valence-corrected chi connectivity index (χ2v) is 5.74. The molecule has 3 nitrogen and oxygen atoms in total. The number of amides is 1. The van der Waals surface area contributed by atoms with Crippen LogP contribution in [0.5, 0.6) is 5.75 Å². The van der Waals surface area contributed by atoms with Crippen LogP contribution in [0.25, 0.3) is 0 Å². The maximum Gasteiger partial charge on any atom is 0.251 e. The second kappa shape index (κ2) is 6.65. The van der Waals surface area contributed by atoms with Crippen LogP contribution in [0.1, 0.15) is 45.6 Å². The normalized spacial score (nSPS) is 11.9. The summed E-state index contributed by atoms with van der Waals surface area (Å²) < 4.78 is 5.39. The van der Waals surface area contributed by atoms with Crippen LogP contribution in [0.3, 0.4) is 0 Å². The minimum atomic E-state index is -0.121. The highest BCUT2D eigenvalue weighted by molar-refractivity contribution is 5.94. The molecule has 2 aromatic rings. The first-order valence-corrected chi connectivity index (χ1v) is 7.45. The number of methoxy groups -OCH3 is 1. The number of rotatable bonds is 4. The van der Waals surface area contributed by atoms with E-state index in [1.54, 1.807) is 7.11 Å². The van der Waals surface area contributed by atoms with Crippen molar-refractivity contribution in [1.82, 2.24) is 5.32 Å². The van der Waals surface area contributed by atoms with Gasteiger partial charge in [0.2, 0.25) is 0 Å². The molecule has 22 heavy (non-hydrogen) atoms. The summed E-state index contributed by atoms with van der Waals surface area (Å²) in [7, 11) is 1.64. The van der Waals surface area contributed by atoms with E-state index in [2.05, 4.69) is 5.32 Å². The van der Waals surface area contributed by atoms with Gasteiger partial charge in [0, 0.05) is 11.1 Å². The van der Waals surface area contributed by atoms with E-state index in [0.717, 1.165) is 22.4 Å². The molecule has 0 aliphatic rings. The van der Waals surface area contributed by atoms with Crippen molar-refractivity contribution in [3.05, 3.63) is 64.2 Å². The summed E-state index contributed by atoms with van der Waals surface area (Å²) in [5, 5.41) is 3.04. The van der Waals surface area contributed by atoms with Crippen LogP contribution < -0.4 is 10.1 Å². The van der Waals surface area contributed by atoms with Crippen LogP contribution in [0.15, 0.2) is 36.4 Å². The Morgan fingerprint density at radius 2 is 1.77 bits per heavy atom. The molecule has 0 bridgehead atoms. The number of ether oxygens (including phenoxy) is 1. The number of hydrogen-bond acceptors (Lipinski definition) is 2. The first kappa shape index (κ1) is 16.1. The number of nitrogens with one attached hydrogen (secondary N) is 1. The minimum absolute atomic E-state index is 0.0702. The molecule has 0 saturated carbocycles. The van der Waals surface area contributed by atoms with Crippen molar-refractivity contribution in [2.24, 2.45) is 0 Å². The minimum Gasteiger partial charge on any atom is -0.496 e. The fraction of sp³-hybridized carbons (Fsp3) is 0.316. The molecule has 1 amide bonds. The van der Waals surface area contributed by atoms with Gasteiger partial charge >= 0.3 is 0 Å². The fourth-order valence-corrected chi connectivity index (χ4v) is 2.43. The summed E-state index contributed by atoms with van der Waals surface area (Å²) in [4.78, 5) is 12.4. The average Bonchev–Trinajstić information content (AvgIpc) is 2.49. The average molecular weight is 297 g/mol. The van der Waals surface area contributed by atoms with Gasteiger partial charge in [0.05, 0.1) is 13.2 Å². The summed E-state index contributed by atoms with van der Waals surface area (Å²) in [6, 6.07) is 11.6. The van der Waals surface area contributed by atoms with Gasteiger partial charge in [0.1, 0.15) is 5.75 Å². The highest BCUT2D eigenvalue weighted by Gasteiger charge is 2.15. The largest absolute Gasteiger partial charge is 0.496 e. The predicted octanol–water partition coefficient (Wildman–Crippen LogP) is 4.11. The number of aryl methyl sites for hydroxylation is 3. The molecular weight excluding hydrogens is 274 g/mol. The van der Waals surface area contributed by atoms with E-state index in [1.807, 2.05) is 64.1 Å². The SMILES string of the molecule is COc1ccc(C)cc1[C@H](C)NC(=O)c1ccc(C)c(C)c1. The summed E-state index contributed by atoms with van der Waals surface area (Å²) in [5.74, 6) is 0.720. The molecule has 0 fully saturated rings. The highest BCUT2D eigenvalue weighted by Crippen LogP contribution is 2.26. The molecule has 0 heterocycles. The van der Waals surface area contributed by atoms with Crippen molar-refractivity contribution in [3.63, 3.8) is 0 Å². The van der Waals surface area contributed by atoms with Crippen LogP contribution >= 0.6 is 0 Å². The molecule has 0 aliphatic carbocycles. The van der Waals surface area contributed by atoms with Crippen molar-refractivity contribution in [2.45, 2.75) is 33.7 Å². The van der Waals surface area contributed by atoms with Gasteiger partial charge in [0.15, 0.2) is 0 Å². The zero-order valence-electron chi connectivity index (χ0n) is 13.9. The molecule has 1 atom stereocenters. The van der Waals surface area contributed by atoms with Crippen molar-refractivity contribution >= 4 is 5.91 Å². The first-order chi connectivity index (χ1) is 10.4. The Balaban J connectivity index is 2.21. The van der Waals surface area contributed by atoms with E-state index < -0.39 is 0 Å². The monoisotopic (exact) mass is 297 g/mol. The van der Waals surface area contributed by atoms with E-state index in [-0.39, 0.29) is 11.9 Å². The topological polar surface area (TPSA) is 38.3 Å². The van der Waals surface area contributed by atoms with Crippen LogP contribution in [-0.4, -0.2) is 13.0 Å². The van der Waals surface area contributed by atoms with Gasteiger partial charge < -0.3 is 10.1 Å². The maximum absolute atomic E-state index is 12.4. The van der Waals surface area contributed by atoms with E-state index in [4.69, 9.17) is 4.74 Å². The molecule has 1 N–H and O–H groups in total. The Labute approximate surface area is 132 Å². The third kappa shape index (κ3) is 3.48. The van der Waals surface area contributed by atoms with Gasteiger partial charge in [-0.2, -0.15) is 0 Å². The van der Waals surface area contributed by atoms with Gasteiger partial charge in [-0.15, -0.1) is 0 Å². The zero-order valence-corrected chi connectivity index (χ0v) is 13.9. The number of carbonyl (C=O) groups is 1. The van der Waals surface area contributed by atoms with E-state index in [9.17, 15) is 4.79 Å². The fourth-order valence-electron chi connectivity index (χ4n) is 2.43. The molecule has 0 unspecified atom stereocenters. The van der Waals surface area contributed by atoms with Gasteiger partial charge in [-0.05, 0) is 57.0 Å². The molecule has 2 aromatic carbocycles. The number of carbonyl (C=O) groups excluding carboxylic acids is 1. The van der Waals surface area contributed by atoms with Crippen LogP contribution in [-0.2, 0) is 0 Å². The van der Waals surface area contributed by atoms with Crippen molar-refractivity contribution < 1.29 is 9.53 Å². The maximum atomic E-state index is 12.4. The Hall–Kier alpha value is -2.29. The van der Waals surface area contributed by atoms with Gasteiger partial charge in [-0.25, -0.2) is 0 Å². The van der Waals surface area contributed by atoms with Crippen LogP contribution in [0.2, 0.25) is 0 Å².